The van der Waals surface area contributed by atoms with Gasteiger partial charge in [-0.3, -0.25) is 0 Å². The number of hydrogen-bond donors (Lipinski definition) is 2. The molecule has 96 valence electrons. The molecule has 2 aromatic heterocycles. The average Bonchev–Trinajstić information content (AvgIpc) is 2.69. The van der Waals surface area contributed by atoms with Crippen LogP contribution in [0.1, 0.15) is 31.7 Å². The molecule has 0 unspecified atom stereocenters. The fraction of sp³-hybridized carbons (Fsp3) is 0.545. The Morgan fingerprint density at radius 3 is 2.67 bits per heavy atom. The van der Waals surface area contributed by atoms with Crippen LogP contribution in [0.4, 0.5) is 5.82 Å². The Bertz CT molecular complexity index is 572. The summed E-state index contributed by atoms with van der Waals surface area (Å²) in [7, 11) is 0. The van der Waals surface area contributed by atoms with E-state index in [1.807, 2.05) is 4.68 Å². The number of halogens is 1. The van der Waals surface area contributed by atoms with Crippen LogP contribution in [0.2, 0.25) is 0 Å². The molecule has 1 saturated carbocycles. The number of nitrogens with two attached hydrogens (primary N) is 2. The number of nitrogens with zero attached hydrogens (tertiary/aromatic N) is 4. The molecule has 1 fully saturated rings. The third kappa shape index (κ3) is 1.95. The van der Waals surface area contributed by atoms with E-state index >= 15 is 0 Å². The lowest BCUT2D eigenvalue weighted by atomic mass is 9.92. The normalized spacial score (nSPS) is 24.6. The average molecular weight is 358 g/mol. The van der Waals surface area contributed by atoms with Crippen molar-refractivity contribution in [1.82, 2.24) is 19.7 Å². The first-order chi connectivity index (χ1) is 8.66. The molecule has 6 nitrogen and oxygen atoms in total. The Labute approximate surface area is 118 Å². The van der Waals surface area contributed by atoms with E-state index in [2.05, 4.69) is 37.7 Å². The number of aromatic nitrogens is 4. The fourth-order valence-corrected chi connectivity index (χ4v) is 3.30. The third-order valence-electron chi connectivity index (χ3n) is 3.56. The van der Waals surface area contributed by atoms with Gasteiger partial charge in [0, 0.05) is 6.04 Å². The van der Waals surface area contributed by atoms with Crippen molar-refractivity contribution in [3.63, 3.8) is 0 Å². The summed E-state index contributed by atoms with van der Waals surface area (Å²) in [6, 6.07) is 0.715. The van der Waals surface area contributed by atoms with Gasteiger partial charge in [-0.2, -0.15) is 5.10 Å². The minimum Gasteiger partial charge on any atom is -0.383 e. The number of hydrogen-bond acceptors (Lipinski definition) is 5. The first-order valence-electron chi connectivity index (χ1n) is 6.06. The first-order valence-corrected chi connectivity index (χ1v) is 7.14. The zero-order chi connectivity index (χ0) is 12.7. The maximum Gasteiger partial charge on any atom is 0.164 e. The van der Waals surface area contributed by atoms with Gasteiger partial charge in [0.15, 0.2) is 5.65 Å². The number of anilines is 1. The van der Waals surface area contributed by atoms with Crippen LogP contribution in [0.15, 0.2) is 6.33 Å². The molecule has 3 rings (SSSR count). The largest absolute Gasteiger partial charge is 0.383 e. The predicted molar refractivity (Wildman–Crippen MR) is 77.9 cm³/mol. The lowest BCUT2D eigenvalue weighted by Gasteiger charge is -2.26. The molecule has 18 heavy (non-hydrogen) atoms. The van der Waals surface area contributed by atoms with E-state index in [0.717, 1.165) is 40.4 Å². The molecule has 0 amide bonds. The summed E-state index contributed by atoms with van der Waals surface area (Å²) in [6.45, 7) is 0. The number of rotatable bonds is 1. The molecular weight excluding hydrogens is 343 g/mol. The van der Waals surface area contributed by atoms with Gasteiger partial charge in [0.05, 0.1) is 11.4 Å². The second-order valence-electron chi connectivity index (χ2n) is 4.76. The molecule has 0 atom stereocenters. The molecule has 0 aromatic carbocycles. The Morgan fingerprint density at radius 1 is 1.22 bits per heavy atom. The standard InChI is InChI=1S/C11H15IN6/c12-9-8-10(14)15-5-16-11(8)18(17-9)7-3-1-6(13)2-4-7/h5-7H,1-4,13H2,(H2,14,15,16)/t6-,7-. The van der Waals surface area contributed by atoms with Crippen LogP contribution in [-0.2, 0) is 0 Å². The summed E-state index contributed by atoms with van der Waals surface area (Å²) in [5, 5.41) is 5.45. The van der Waals surface area contributed by atoms with Crippen LogP contribution >= 0.6 is 22.6 Å². The van der Waals surface area contributed by atoms with Gasteiger partial charge in [0.25, 0.3) is 0 Å². The molecule has 2 aromatic rings. The molecule has 0 spiro atoms. The van der Waals surface area contributed by atoms with Gasteiger partial charge in [-0.05, 0) is 48.3 Å². The summed E-state index contributed by atoms with van der Waals surface area (Å²) >= 11 is 2.19. The van der Waals surface area contributed by atoms with Gasteiger partial charge in [0.1, 0.15) is 15.8 Å². The molecule has 1 aliphatic rings. The second-order valence-corrected chi connectivity index (χ2v) is 5.78. The van der Waals surface area contributed by atoms with Gasteiger partial charge in [-0.15, -0.1) is 0 Å². The highest BCUT2D eigenvalue weighted by molar-refractivity contribution is 14.1. The summed E-state index contributed by atoms with van der Waals surface area (Å²) in [4.78, 5) is 8.36. The van der Waals surface area contributed by atoms with Crippen LogP contribution < -0.4 is 11.5 Å². The lowest BCUT2D eigenvalue weighted by Crippen LogP contribution is -2.28. The van der Waals surface area contributed by atoms with E-state index < -0.39 is 0 Å². The zero-order valence-corrected chi connectivity index (χ0v) is 12.0. The maximum atomic E-state index is 5.94. The molecule has 0 aliphatic heterocycles. The summed E-state index contributed by atoms with van der Waals surface area (Å²) in [5.74, 6) is 0.503. The molecule has 4 N–H and O–H groups in total. The summed E-state index contributed by atoms with van der Waals surface area (Å²) in [6.07, 6.45) is 5.70. The lowest BCUT2D eigenvalue weighted by molar-refractivity contribution is 0.309. The van der Waals surface area contributed by atoms with Crippen LogP contribution in [0.3, 0.4) is 0 Å². The topological polar surface area (TPSA) is 95.6 Å². The van der Waals surface area contributed by atoms with Gasteiger partial charge in [-0.25, -0.2) is 14.6 Å². The third-order valence-corrected chi connectivity index (χ3v) is 4.32. The predicted octanol–water partition coefficient (Wildman–Crippen LogP) is 1.46. The van der Waals surface area contributed by atoms with Crippen LogP contribution in [0.5, 0.6) is 0 Å². The highest BCUT2D eigenvalue weighted by atomic mass is 127. The quantitative estimate of drug-likeness (QED) is 0.753. The number of fused-ring (bicyclic) bond motifs is 1. The highest BCUT2D eigenvalue weighted by Crippen LogP contribution is 2.32. The van der Waals surface area contributed by atoms with Gasteiger partial charge in [0.2, 0.25) is 0 Å². The molecular formula is C11H15IN6. The minimum atomic E-state index is 0.335. The smallest absolute Gasteiger partial charge is 0.164 e. The van der Waals surface area contributed by atoms with E-state index in [1.165, 1.54) is 6.33 Å². The fourth-order valence-electron chi connectivity index (χ4n) is 2.55. The Hall–Kier alpha value is -0.960. The Morgan fingerprint density at radius 2 is 1.94 bits per heavy atom. The Balaban J connectivity index is 2.05. The molecule has 0 saturated heterocycles. The zero-order valence-electron chi connectivity index (χ0n) is 9.88. The van der Waals surface area contributed by atoms with E-state index in [1.54, 1.807) is 0 Å². The van der Waals surface area contributed by atoms with E-state index in [4.69, 9.17) is 11.5 Å². The molecule has 0 bridgehead atoms. The van der Waals surface area contributed by atoms with Gasteiger partial charge >= 0.3 is 0 Å². The molecule has 1 aliphatic carbocycles. The highest BCUT2D eigenvalue weighted by Gasteiger charge is 2.24. The second kappa shape index (κ2) is 4.61. The summed E-state index contributed by atoms with van der Waals surface area (Å²) in [5.41, 5.74) is 12.7. The first kappa shape index (κ1) is 12.1. The minimum absolute atomic E-state index is 0.335. The van der Waals surface area contributed by atoms with Crippen molar-refractivity contribution < 1.29 is 0 Å². The maximum absolute atomic E-state index is 5.94. The van der Waals surface area contributed by atoms with Crippen molar-refractivity contribution in [2.45, 2.75) is 37.8 Å². The van der Waals surface area contributed by atoms with E-state index in [0.29, 0.717) is 17.9 Å². The number of nitrogen functional groups attached to an aromatic ring is 1. The monoisotopic (exact) mass is 358 g/mol. The molecule has 7 heteroatoms. The Kier molecular flexibility index (Phi) is 3.10. The van der Waals surface area contributed by atoms with Crippen LogP contribution in [-0.4, -0.2) is 25.8 Å². The van der Waals surface area contributed by atoms with E-state index in [-0.39, 0.29) is 0 Å². The molecule has 2 heterocycles. The van der Waals surface area contributed by atoms with Crippen molar-refractivity contribution in [2.75, 3.05) is 5.73 Å². The van der Waals surface area contributed by atoms with E-state index in [9.17, 15) is 0 Å². The van der Waals surface area contributed by atoms with Crippen molar-refractivity contribution in [3.8, 4) is 0 Å². The molecule has 0 radical (unpaired) electrons. The van der Waals surface area contributed by atoms with Crippen molar-refractivity contribution in [3.05, 3.63) is 10.0 Å². The van der Waals surface area contributed by atoms with Crippen LogP contribution in [0, 0.1) is 3.70 Å². The van der Waals surface area contributed by atoms with Gasteiger partial charge < -0.3 is 11.5 Å². The van der Waals surface area contributed by atoms with Crippen LogP contribution in [0.25, 0.3) is 11.0 Å². The van der Waals surface area contributed by atoms with Crippen molar-refractivity contribution in [2.24, 2.45) is 5.73 Å². The van der Waals surface area contributed by atoms with Crippen molar-refractivity contribution in [1.29, 1.82) is 0 Å². The SMILES string of the molecule is Nc1ncnc2c1c(I)nn2[C@H]1CC[C@H](N)CC1. The van der Waals surface area contributed by atoms with Crippen molar-refractivity contribution >= 4 is 39.4 Å². The summed E-state index contributed by atoms with van der Waals surface area (Å²) < 4.78 is 2.87. The van der Waals surface area contributed by atoms with Gasteiger partial charge in [-0.1, -0.05) is 0 Å².